The van der Waals surface area contributed by atoms with Gasteiger partial charge < -0.3 is 10.2 Å². The maximum absolute atomic E-state index is 12.2. The Bertz CT molecular complexity index is 851. The molecule has 5 nitrogen and oxygen atoms in total. The summed E-state index contributed by atoms with van der Waals surface area (Å²) in [5.74, 6) is 0.138. The Morgan fingerprint density at radius 1 is 1.15 bits per heavy atom. The van der Waals surface area contributed by atoms with E-state index in [1.54, 1.807) is 18.4 Å². The number of benzene rings is 1. The molecule has 0 bridgehead atoms. The molecule has 1 amide bonds. The van der Waals surface area contributed by atoms with Gasteiger partial charge in [-0.3, -0.25) is 15.1 Å². The van der Waals surface area contributed by atoms with Crippen molar-refractivity contribution in [2.24, 2.45) is 0 Å². The number of nitrogens with one attached hydrogen (secondary N) is 2. The molecular formula is C21H26N4OS. The third-order valence-corrected chi connectivity index (χ3v) is 6.85. The van der Waals surface area contributed by atoms with Gasteiger partial charge in [-0.1, -0.05) is 12.1 Å². The van der Waals surface area contributed by atoms with Crippen LogP contribution in [0.3, 0.4) is 0 Å². The van der Waals surface area contributed by atoms with Gasteiger partial charge in [-0.25, -0.2) is 0 Å². The van der Waals surface area contributed by atoms with E-state index in [2.05, 4.69) is 45.9 Å². The van der Waals surface area contributed by atoms with Gasteiger partial charge in [0.15, 0.2) is 5.96 Å². The van der Waals surface area contributed by atoms with E-state index in [1.165, 1.54) is 41.0 Å². The number of rotatable bonds is 3. The van der Waals surface area contributed by atoms with E-state index >= 15 is 0 Å². The Morgan fingerprint density at radius 2 is 1.93 bits per heavy atom. The fraction of sp³-hybridized carbons (Fsp3) is 0.429. The molecule has 27 heavy (non-hydrogen) atoms. The largest absolute Gasteiger partial charge is 0.372 e. The monoisotopic (exact) mass is 382 g/mol. The van der Waals surface area contributed by atoms with Crippen LogP contribution in [-0.2, 0) is 10.3 Å². The third-order valence-electron chi connectivity index (χ3n) is 5.65. The highest BCUT2D eigenvalue weighted by molar-refractivity contribution is 7.10. The highest BCUT2D eigenvalue weighted by atomic mass is 32.1. The molecule has 2 fully saturated rings. The summed E-state index contributed by atoms with van der Waals surface area (Å²) < 4.78 is 0. The number of carbonyl (C=O) groups is 1. The Balaban J connectivity index is 1.59. The maximum atomic E-state index is 12.2. The Labute approximate surface area is 164 Å². The van der Waals surface area contributed by atoms with Crippen molar-refractivity contribution in [1.82, 2.24) is 10.2 Å². The van der Waals surface area contributed by atoms with Crippen molar-refractivity contribution in [1.29, 1.82) is 5.41 Å². The summed E-state index contributed by atoms with van der Waals surface area (Å²) in [5, 5.41) is 13.4. The average molecular weight is 383 g/mol. The number of nitrogens with zero attached hydrogens (tertiary/aromatic N) is 2. The standard InChI is InChI=1S/C21H26N4OS/c1-21(13-19(26)24(2)20(22)23-21)18-12-16(14-27-18)15-7-6-8-17(11-15)25-9-4-3-5-10-25/h6-8,11-12,14H,3-5,9-10,13H2,1-2H3,(H2,22,23). The minimum atomic E-state index is -0.520. The second-order valence-electron chi connectivity index (χ2n) is 7.73. The van der Waals surface area contributed by atoms with Crippen molar-refractivity contribution in [2.45, 2.75) is 38.1 Å². The zero-order chi connectivity index (χ0) is 19.0. The van der Waals surface area contributed by atoms with Crippen LogP contribution in [0.5, 0.6) is 0 Å². The van der Waals surface area contributed by atoms with Crippen LogP contribution in [0, 0.1) is 5.41 Å². The van der Waals surface area contributed by atoms with Crippen LogP contribution in [-0.4, -0.2) is 36.9 Å². The van der Waals surface area contributed by atoms with Gasteiger partial charge in [0.1, 0.15) is 0 Å². The summed E-state index contributed by atoms with van der Waals surface area (Å²) in [7, 11) is 1.64. The van der Waals surface area contributed by atoms with E-state index in [-0.39, 0.29) is 11.9 Å². The molecule has 1 unspecified atom stereocenters. The summed E-state index contributed by atoms with van der Waals surface area (Å²) in [6.45, 7) is 4.28. The SMILES string of the molecule is CN1C(=N)NC(C)(c2cc(-c3cccc(N4CCCCC4)c3)cs2)CC1=O. The lowest BCUT2D eigenvalue weighted by atomic mass is 9.92. The number of anilines is 1. The van der Waals surface area contributed by atoms with Gasteiger partial charge in [0, 0.05) is 30.7 Å². The number of amides is 1. The van der Waals surface area contributed by atoms with Gasteiger partial charge in [0.25, 0.3) is 0 Å². The van der Waals surface area contributed by atoms with Gasteiger partial charge in [-0.05, 0) is 60.9 Å². The highest BCUT2D eigenvalue weighted by Crippen LogP contribution is 2.37. The molecule has 0 spiro atoms. The summed E-state index contributed by atoms with van der Waals surface area (Å²) in [6.07, 6.45) is 4.23. The van der Waals surface area contributed by atoms with Crippen molar-refractivity contribution in [3.63, 3.8) is 0 Å². The molecule has 0 radical (unpaired) electrons. The van der Waals surface area contributed by atoms with Crippen LogP contribution in [0.4, 0.5) is 5.69 Å². The van der Waals surface area contributed by atoms with Gasteiger partial charge in [-0.15, -0.1) is 11.3 Å². The minimum Gasteiger partial charge on any atom is -0.372 e. The first-order valence-electron chi connectivity index (χ1n) is 9.54. The molecule has 2 aliphatic heterocycles. The predicted molar refractivity (Wildman–Crippen MR) is 111 cm³/mol. The van der Waals surface area contributed by atoms with Gasteiger partial charge in [0.05, 0.1) is 12.0 Å². The van der Waals surface area contributed by atoms with E-state index in [0.29, 0.717) is 6.42 Å². The zero-order valence-electron chi connectivity index (χ0n) is 15.9. The minimum absolute atomic E-state index is 0.0247. The van der Waals surface area contributed by atoms with Crippen molar-refractivity contribution >= 4 is 28.9 Å². The van der Waals surface area contributed by atoms with Gasteiger partial charge >= 0.3 is 0 Å². The lowest BCUT2D eigenvalue weighted by Gasteiger charge is -2.38. The summed E-state index contributed by atoms with van der Waals surface area (Å²) in [4.78, 5) is 17.2. The molecule has 0 saturated carbocycles. The van der Waals surface area contributed by atoms with E-state index in [1.807, 2.05) is 6.92 Å². The average Bonchev–Trinajstić information content (AvgIpc) is 3.18. The Kier molecular flexibility index (Phi) is 4.68. The highest BCUT2D eigenvalue weighted by Gasteiger charge is 2.38. The molecule has 4 rings (SSSR count). The van der Waals surface area contributed by atoms with E-state index in [9.17, 15) is 4.79 Å². The number of hydrogen-bond donors (Lipinski definition) is 2. The Hall–Kier alpha value is -2.34. The van der Waals surface area contributed by atoms with Gasteiger partial charge in [0.2, 0.25) is 5.91 Å². The summed E-state index contributed by atoms with van der Waals surface area (Å²) in [6, 6.07) is 10.9. The van der Waals surface area contributed by atoms with Crippen LogP contribution < -0.4 is 10.2 Å². The molecule has 2 aromatic rings. The number of hydrogen-bond acceptors (Lipinski definition) is 4. The van der Waals surface area contributed by atoms with Crippen LogP contribution in [0.25, 0.3) is 11.1 Å². The number of thiophene rings is 1. The molecule has 2 N–H and O–H groups in total. The third kappa shape index (κ3) is 3.46. The molecule has 2 saturated heterocycles. The summed E-state index contributed by atoms with van der Waals surface area (Å²) >= 11 is 1.65. The van der Waals surface area contributed by atoms with E-state index in [4.69, 9.17) is 5.41 Å². The molecule has 142 valence electrons. The molecule has 2 aliphatic rings. The van der Waals surface area contributed by atoms with Crippen LogP contribution >= 0.6 is 11.3 Å². The smallest absolute Gasteiger partial charge is 0.231 e. The molecule has 0 aliphatic carbocycles. The number of guanidine groups is 1. The van der Waals surface area contributed by atoms with Crippen LogP contribution in [0.1, 0.15) is 37.5 Å². The fourth-order valence-electron chi connectivity index (χ4n) is 3.90. The molecule has 3 heterocycles. The Morgan fingerprint density at radius 3 is 2.67 bits per heavy atom. The van der Waals surface area contributed by atoms with Crippen LogP contribution in [0.2, 0.25) is 0 Å². The van der Waals surface area contributed by atoms with Crippen molar-refractivity contribution in [3.05, 3.63) is 40.6 Å². The first-order valence-corrected chi connectivity index (χ1v) is 10.4. The molecule has 1 aromatic heterocycles. The molecule has 1 aromatic carbocycles. The second-order valence-corrected chi connectivity index (χ2v) is 8.64. The van der Waals surface area contributed by atoms with E-state index < -0.39 is 5.54 Å². The first kappa shape index (κ1) is 18.0. The lowest BCUT2D eigenvalue weighted by Crippen LogP contribution is -2.57. The number of carbonyl (C=O) groups excluding carboxylic acids is 1. The second kappa shape index (κ2) is 7.00. The van der Waals surface area contributed by atoms with Crippen LogP contribution in [0.15, 0.2) is 35.7 Å². The molecule has 1 atom stereocenters. The quantitative estimate of drug-likeness (QED) is 0.843. The topological polar surface area (TPSA) is 59.4 Å². The predicted octanol–water partition coefficient (Wildman–Crippen LogP) is 4.01. The lowest BCUT2D eigenvalue weighted by molar-refractivity contribution is -0.129. The molecular weight excluding hydrogens is 356 g/mol. The molecule has 6 heteroatoms. The number of piperidine rings is 1. The van der Waals surface area contributed by atoms with Crippen molar-refractivity contribution in [3.8, 4) is 11.1 Å². The normalized spacial score (nSPS) is 23.5. The van der Waals surface area contributed by atoms with Crippen molar-refractivity contribution in [2.75, 3.05) is 25.0 Å². The maximum Gasteiger partial charge on any atom is 0.231 e. The first-order chi connectivity index (χ1) is 13.0. The fourth-order valence-corrected chi connectivity index (χ4v) is 4.93. The summed E-state index contributed by atoms with van der Waals surface area (Å²) in [5.41, 5.74) is 3.16. The van der Waals surface area contributed by atoms with Gasteiger partial charge in [-0.2, -0.15) is 0 Å². The zero-order valence-corrected chi connectivity index (χ0v) is 16.7. The van der Waals surface area contributed by atoms with E-state index in [0.717, 1.165) is 18.0 Å². The van der Waals surface area contributed by atoms with Crippen molar-refractivity contribution < 1.29 is 4.79 Å².